The highest BCUT2D eigenvalue weighted by molar-refractivity contribution is 5.53. The Bertz CT molecular complexity index is 563. The molecule has 8 nitrogen and oxygen atoms in total. The fourth-order valence-corrected chi connectivity index (χ4v) is 1.85. The van der Waals surface area contributed by atoms with Gasteiger partial charge < -0.3 is 10.0 Å². The smallest absolute Gasteiger partial charge is 0.307 e. The fraction of sp³-hybridized carbons (Fsp3) is 0.417. The van der Waals surface area contributed by atoms with Gasteiger partial charge in [0, 0.05) is 30.4 Å². The van der Waals surface area contributed by atoms with Gasteiger partial charge in [-0.2, -0.15) is 10.3 Å². The number of anilines is 1. The van der Waals surface area contributed by atoms with Crippen molar-refractivity contribution in [3.8, 4) is 5.75 Å². The minimum atomic E-state index is 0.171. The van der Waals surface area contributed by atoms with Gasteiger partial charge in [0.2, 0.25) is 0 Å². The van der Waals surface area contributed by atoms with Crippen LogP contribution in [0.15, 0.2) is 28.4 Å². The molecule has 0 radical (unpaired) electrons. The highest BCUT2D eigenvalue weighted by Gasteiger charge is 2.06. The average Bonchev–Trinajstić information content (AvgIpc) is 2.96. The quantitative estimate of drug-likeness (QED) is 0.785. The first-order chi connectivity index (χ1) is 9.74. The number of aromatic nitrogens is 4. The summed E-state index contributed by atoms with van der Waals surface area (Å²) in [5.41, 5.74) is 1.69. The van der Waals surface area contributed by atoms with Crippen molar-refractivity contribution < 1.29 is 5.11 Å². The molecule has 1 aromatic heterocycles. The van der Waals surface area contributed by atoms with Crippen molar-refractivity contribution in [2.45, 2.75) is 20.4 Å². The SMILES string of the molecule is CCN(CC)c1ccc(CN=Nc2nn[nH]n2)c(O)c1. The van der Waals surface area contributed by atoms with Crippen molar-refractivity contribution >= 4 is 11.6 Å². The number of hydrogen-bond donors (Lipinski definition) is 2. The van der Waals surface area contributed by atoms with Crippen LogP contribution in [-0.2, 0) is 6.54 Å². The van der Waals surface area contributed by atoms with E-state index < -0.39 is 0 Å². The van der Waals surface area contributed by atoms with Crippen LogP contribution in [0, 0.1) is 0 Å². The number of tetrazole rings is 1. The van der Waals surface area contributed by atoms with E-state index in [1.54, 1.807) is 6.07 Å². The second kappa shape index (κ2) is 6.60. The number of aromatic amines is 1. The molecule has 0 bridgehead atoms. The predicted octanol–water partition coefficient (Wildman–Crippen LogP) is 2.04. The Labute approximate surface area is 116 Å². The molecule has 0 aliphatic carbocycles. The van der Waals surface area contributed by atoms with Gasteiger partial charge in [-0.05, 0) is 25.1 Å². The zero-order valence-corrected chi connectivity index (χ0v) is 11.5. The molecule has 2 rings (SSSR count). The summed E-state index contributed by atoms with van der Waals surface area (Å²) in [6, 6.07) is 5.55. The van der Waals surface area contributed by atoms with Gasteiger partial charge in [-0.3, -0.25) is 0 Å². The van der Waals surface area contributed by atoms with Gasteiger partial charge in [0.1, 0.15) is 5.75 Å². The van der Waals surface area contributed by atoms with Gasteiger partial charge in [-0.15, -0.1) is 10.2 Å². The zero-order chi connectivity index (χ0) is 14.4. The lowest BCUT2D eigenvalue weighted by Crippen LogP contribution is -2.21. The Morgan fingerprint density at radius 3 is 2.70 bits per heavy atom. The van der Waals surface area contributed by atoms with Crippen LogP contribution in [-0.4, -0.2) is 38.8 Å². The van der Waals surface area contributed by atoms with Gasteiger partial charge in [-0.1, -0.05) is 11.2 Å². The molecule has 0 aliphatic heterocycles. The molecule has 1 heterocycles. The molecule has 0 unspecified atom stereocenters. The fourth-order valence-electron chi connectivity index (χ4n) is 1.85. The van der Waals surface area contributed by atoms with Gasteiger partial charge in [-0.25, -0.2) is 0 Å². The van der Waals surface area contributed by atoms with Crippen LogP contribution in [0.4, 0.5) is 11.6 Å². The number of benzene rings is 1. The first kappa shape index (κ1) is 13.9. The van der Waals surface area contributed by atoms with E-state index in [1.807, 2.05) is 12.1 Å². The minimum Gasteiger partial charge on any atom is -0.508 e. The Hall–Kier alpha value is -2.51. The second-order valence-corrected chi connectivity index (χ2v) is 4.10. The summed E-state index contributed by atoms with van der Waals surface area (Å²) >= 11 is 0. The van der Waals surface area contributed by atoms with Gasteiger partial charge >= 0.3 is 5.95 Å². The van der Waals surface area contributed by atoms with Crippen molar-refractivity contribution in [3.05, 3.63) is 23.8 Å². The van der Waals surface area contributed by atoms with E-state index in [0.29, 0.717) is 5.56 Å². The number of H-pyrrole nitrogens is 1. The number of phenolic OH excluding ortho intramolecular Hbond substituents is 1. The molecule has 0 aliphatic rings. The lowest BCUT2D eigenvalue weighted by Gasteiger charge is -2.21. The van der Waals surface area contributed by atoms with Crippen LogP contribution in [0.5, 0.6) is 5.75 Å². The average molecular weight is 275 g/mol. The van der Waals surface area contributed by atoms with Crippen LogP contribution < -0.4 is 4.90 Å². The topological polar surface area (TPSA) is 103 Å². The Morgan fingerprint density at radius 2 is 2.10 bits per heavy atom. The summed E-state index contributed by atoms with van der Waals surface area (Å²) in [6.45, 7) is 6.21. The number of nitrogens with one attached hydrogen (secondary N) is 1. The minimum absolute atomic E-state index is 0.171. The number of rotatable bonds is 6. The second-order valence-electron chi connectivity index (χ2n) is 4.10. The normalized spacial score (nSPS) is 11.1. The third-order valence-corrected chi connectivity index (χ3v) is 2.93. The van der Waals surface area contributed by atoms with Crippen LogP contribution >= 0.6 is 0 Å². The maximum absolute atomic E-state index is 10.0. The standard InChI is InChI=1S/C12H17N7O/c1-3-19(4-2)10-6-5-9(11(20)7-10)8-13-14-12-15-17-18-16-12/h5-7,20H,3-4,8H2,1-2H3,(H,15,16,17,18). The van der Waals surface area contributed by atoms with Gasteiger partial charge in [0.05, 0.1) is 6.54 Å². The zero-order valence-electron chi connectivity index (χ0n) is 11.5. The number of azo groups is 1. The predicted molar refractivity (Wildman–Crippen MR) is 74.1 cm³/mol. The molecule has 0 amide bonds. The molecular weight excluding hydrogens is 258 g/mol. The van der Waals surface area contributed by atoms with E-state index in [1.165, 1.54) is 0 Å². The van der Waals surface area contributed by atoms with Crippen LogP contribution in [0.1, 0.15) is 19.4 Å². The highest BCUT2D eigenvalue weighted by Crippen LogP contribution is 2.25. The molecule has 0 atom stereocenters. The molecule has 106 valence electrons. The molecule has 1 aromatic carbocycles. The number of nitrogens with zero attached hydrogens (tertiary/aromatic N) is 6. The van der Waals surface area contributed by atoms with Crippen LogP contribution in [0.25, 0.3) is 0 Å². The monoisotopic (exact) mass is 275 g/mol. The van der Waals surface area contributed by atoms with E-state index in [-0.39, 0.29) is 18.2 Å². The first-order valence-corrected chi connectivity index (χ1v) is 6.42. The molecular formula is C12H17N7O. The van der Waals surface area contributed by atoms with E-state index in [0.717, 1.165) is 18.8 Å². The molecule has 8 heteroatoms. The molecule has 0 spiro atoms. The number of phenols is 1. The largest absolute Gasteiger partial charge is 0.508 e. The summed E-state index contributed by atoms with van der Waals surface area (Å²) in [5.74, 6) is 0.380. The summed E-state index contributed by atoms with van der Waals surface area (Å²) in [7, 11) is 0. The Kier molecular flexibility index (Phi) is 4.59. The molecule has 2 N–H and O–H groups in total. The molecule has 0 fully saturated rings. The Balaban J connectivity index is 2.06. The maximum atomic E-state index is 10.0. The van der Waals surface area contributed by atoms with E-state index in [9.17, 15) is 5.11 Å². The Morgan fingerprint density at radius 1 is 1.30 bits per heavy atom. The summed E-state index contributed by atoms with van der Waals surface area (Å²) in [4.78, 5) is 2.16. The van der Waals surface area contributed by atoms with Crippen molar-refractivity contribution in [2.75, 3.05) is 18.0 Å². The van der Waals surface area contributed by atoms with Gasteiger partial charge in [0.15, 0.2) is 0 Å². The summed E-state index contributed by atoms with van der Waals surface area (Å²) in [5, 5.41) is 30.7. The highest BCUT2D eigenvalue weighted by atomic mass is 16.3. The molecule has 0 saturated heterocycles. The third kappa shape index (κ3) is 3.28. The van der Waals surface area contributed by atoms with Crippen molar-refractivity contribution in [2.24, 2.45) is 10.2 Å². The van der Waals surface area contributed by atoms with E-state index in [4.69, 9.17) is 0 Å². The maximum Gasteiger partial charge on any atom is 0.307 e. The summed E-state index contributed by atoms with van der Waals surface area (Å²) < 4.78 is 0. The van der Waals surface area contributed by atoms with Crippen LogP contribution in [0.3, 0.4) is 0 Å². The molecule has 2 aromatic rings. The van der Waals surface area contributed by atoms with Crippen LogP contribution in [0.2, 0.25) is 0 Å². The van der Waals surface area contributed by atoms with Gasteiger partial charge in [0.25, 0.3) is 0 Å². The van der Waals surface area contributed by atoms with E-state index in [2.05, 4.69) is 49.6 Å². The van der Waals surface area contributed by atoms with Crippen molar-refractivity contribution in [3.63, 3.8) is 0 Å². The number of hydrogen-bond acceptors (Lipinski definition) is 7. The first-order valence-electron chi connectivity index (χ1n) is 6.42. The third-order valence-electron chi connectivity index (χ3n) is 2.93. The van der Waals surface area contributed by atoms with Crippen molar-refractivity contribution in [1.82, 2.24) is 20.6 Å². The number of aromatic hydroxyl groups is 1. The molecule has 20 heavy (non-hydrogen) atoms. The lowest BCUT2D eigenvalue weighted by molar-refractivity contribution is 0.468. The molecule has 0 saturated carbocycles. The van der Waals surface area contributed by atoms with Crippen molar-refractivity contribution in [1.29, 1.82) is 0 Å². The van der Waals surface area contributed by atoms with E-state index >= 15 is 0 Å². The lowest BCUT2D eigenvalue weighted by atomic mass is 10.1. The summed E-state index contributed by atoms with van der Waals surface area (Å²) in [6.07, 6.45) is 0.